The maximum atomic E-state index is 14.1. The molecule has 7 nitrogen and oxygen atoms in total. The number of ketones is 1. The van der Waals surface area contributed by atoms with Crippen molar-refractivity contribution >= 4 is 11.7 Å². The van der Waals surface area contributed by atoms with E-state index in [2.05, 4.69) is 5.32 Å². The molecule has 2 aromatic carbocycles. The highest BCUT2D eigenvalue weighted by Crippen LogP contribution is 2.33. The van der Waals surface area contributed by atoms with Crippen LogP contribution in [-0.2, 0) is 9.59 Å². The second kappa shape index (κ2) is 9.15. The summed E-state index contributed by atoms with van der Waals surface area (Å²) in [5, 5.41) is 20.1. The number of nitrogens with one attached hydrogen (secondary N) is 1. The highest BCUT2D eigenvalue weighted by Gasteiger charge is 2.31. The predicted molar refractivity (Wildman–Crippen MR) is 95.9 cm³/mol. The van der Waals surface area contributed by atoms with Crippen LogP contribution in [0.4, 0.5) is 4.39 Å². The summed E-state index contributed by atoms with van der Waals surface area (Å²) in [7, 11) is 1.32. The smallest absolute Gasteiger partial charge is 0.244 e. The number of ether oxygens (including phenoxy) is 2. The lowest BCUT2D eigenvalue weighted by atomic mass is 10.0. The predicted octanol–water partition coefficient (Wildman–Crippen LogP) is 2.71. The molecule has 8 heteroatoms. The summed E-state index contributed by atoms with van der Waals surface area (Å²) >= 11 is 0. The molecule has 0 spiro atoms. The molecule has 0 bridgehead atoms. The van der Waals surface area contributed by atoms with Gasteiger partial charge in [-0.05, 0) is 37.3 Å². The summed E-state index contributed by atoms with van der Waals surface area (Å²) in [6.07, 6.45) is -1.13. The van der Waals surface area contributed by atoms with Gasteiger partial charge in [-0.2, -0.15) is 10.5 Å². The Hall–Kier alpha value is -3.91. The Morgan fingerprint density at radius 3 is 2.36 bits per heavy atom. The molecule has 2 rings (SSSR count). The van der Waals surface area contributed by atoms with Crippen LogP contribution >= 0.6 is 0 Å². The van der Waals surface area contributed by atoms with Crippen LogP contribution in [0.2, 0.25) is 0 Å². The van der Waals surface area contributed by atoms with Crippen LogP contribution in [0, 0.1) is 34.4 Å². The van der Waals surface area contributed by atoms with Crippen LogP contribution in [0.1, 0.15) is 12.5 Å². The van der Waals surface area contributed by atoms with Crippen LogP contribution in [0.5, 0.6) is 17.2 Å². The lowest BCUT2D eigenvalue weighted by molar-refractivity contribution is -0.135. The van der Waals surface area contributed by atoms with Crippen molar-refractivity contribution in [2.24, 2.45) is 5.92 Å². The Labute approximate surface area is 160 Å². The summed E-state index contributed by atoms with van der Waals surface area (Å²) in [6, 6.07) is 13.4. The first-order chi connectivity index (χ1) is 13.4. The first-order valence-corrected chi connectivity index (χ1v) is 8.19. The van der Waals surface area contributed by atoms with Gasteiger partial charge in [-0.15, -0.1) is 0 Å². The molecule has 0 radical (unpaired) electrons. The molecule has 0 saturated heterocycles. The molecule has 2 unspecified atom stereocenters. The Balaban J connectivity index is 2.22. The van der Waals surface area contributed by atoms with Gasteiger partial charge in [-0.25, -0.2) is 4.39 Å². The molecule has 0 saturated carbocycles. The van der Waals surface area contributed by atoms with Crippen molar-refractivity contribution in [1.29, 1.82) is 10.5 Å². The van der Waals surface area contributed by atoms with Crippen molar-refractivity contribution in [3.8, 4) is 29.4 Å². The number of amides is 1. The molecule has 2 atom stereocenters. The number of carbonyl (C=O) groups excluding carboxylic acids is 2. The van der Waals surface area contributed by atoms with Crippen molar-refractivity contribution in [3.63, 3.8) is 0 Å². The average Bonchev–Trinajstić information content (AvgIpc) is 2.70. The maximum absolute atomic E-state index is 14.1. The van der Waals surface area contributed by atoms with E-state index in [1.54, 1.807) is 18.2 Å². The number of halogens is 1. The molecule has 0 heterocycles. The van der Waals surface area contributed by atoms with Gasteiger partial charge in [0.15, 0.2) is 40.9 Å². The quantitative estimate of drug-likeness (QED) is 0.738. The number of Topliss-reactive ketones (excluding diaryl/α,β-unsaturated/α-hetero) is 1. The van der Waals surface area contributed by atoms with Gasteiger partial charge in [0.1, 0.15) is 0 Å². The summed E-state index contributed by atoms with van der Waals surface area (Å²) in [6.45, 7) is 1.40. The lowest BCUT2D eigenvalue weighted by Gasteiger charge is -2.18. The van der Waals surface area contributed by atoms with Gasteiger partial charge in [-0.1, -0.05) is 12.1 Å². The Kier molecular flexibility index (Phi) is 6.67. The fraction of sp³-hybridized carbons (Fsp3) is 0.200. The zero-order chi connectivity index (χ0) is 20.7. The Bertz CT molecular complexity index is 978. The van der Waals surface area contributed by atoms with Crippen LogP contribution in [0.3, 0.4) is 0 Å². The highest BCUT2D eigenvalue weighted by molar-refractivity contribution is 6.05. The summed E-state index contributed by atoms with van der Waals surface area (Å²) in [5.74, 6) is -3.58. The van der Waals surface area contributed by atoms with E-state index in [4.69, 9.17) is 20.0 Å². The third kappa shape index (κ3) is 4.63. The fourth-order valence-electron chi connectivity index (χ4n) is 2.28. The SMILES string of the molecule is CNC(=O)C(C#N)C(=O)C(C)Oc1ccccc1Oc1ccc(C#N)cc1F. The minimum Gasteiger partial charge on any atom is -0.479 e. The summed E-state index contributed by atoms with van der Waals surface area (Å²) < 4.78 is 25.1. The molecule has 0 fully saturated rings. The second-order valence-corrected chi connectivity index (χ2v) is 5.64. The van der Waals surface area contributed by atoms with Crippen molar-refractivity contribution in [2.45, 2.75) is 13.0 Å². The van der Waals surface area contributed by atoms with Gasteiger partial charge in [-0.3, -0.25) is 9.59 Å². The van der Waals surface area contributed by atoms with Gasteiger partial charge >= 0.3 is 0 Å². The minimum atomic E-state index is -1.51. The molecule has 0 aromatic heterocycles. The number of rotatable bonds is 7. The van der Waals surface area contributed by atoms with E-state index in [0.29, 0.717) is 0 Å². The third-order valence-corrected chi connectivity index (χ3v) is 3.76. The largest absolute Gasteiger partial charge is 0.479 e. The number of hydrogen-bond donors (Lipinski definition) is 1. The molecule has 0 aliphatic rings. The molecule has 142 valence electrons. The second-order valence-electron chi connectivity index (χ2n) is 5.64. The van der Waals surface area contributed by atoms with Crippen LogP contribution in [0.25, 0.3) is 0 Å². The number of nitrogens with zero attached hydrogens (tertiary/aromatic N) is 2. The van der Waals surface area contributed by atoms with E-state index >= 15 is 0 Å². The normalized spacial score (nSPS) is 12.0. The highest BCUT2D eigenvalue weighted by atomic mass is 19.1. The van der Waals surface area contributed by atoms with Gasteiger partial charge in [0, 0.05) is 7.05 Å². The Morgan fingerprint density at radius 2 is 1.79 bits per heavy atom. The van der Waals surface area contributed by atoms with E-state index in [-0.39, 0.29) is 22.8 Å². The van der Waals surface area contributed by atoms with Gasteiger partial charge in [0.2, 0.25) is 5.91 Å². The first-order valence-electron chi connectivity index (χ1n) is 8.19. The molecular formula is C20H16FN3O4. The van der Waals surface area contributed by atoms with E-state index in [1.165, 1.54) is 38.2 Å². The van der Waals surface area contributed by atoms with Crippen LogP contribution in [0.15, 0.2) is 42.5 Å². The number of hydrogen-bond acceptors (Lipinski definition) is 6. The molecule has 1 N–H and O–H groups in total. The lowest BCUT2D eigenvalue weighted by Crippen LogP contribution is -2.38. The molecular weight excluding hydrogens is 365 g/mol. The number of benzene rings is 2. The van der Waals surface area contributed by atoms with Crippen LogP contribution in [-0.4, -0.2) is 24.8 Å². The topological polar surface area (TPSA) is 112 Å². The zero-order valence-electron chi connectivity index (χ0n) is 15.1. The van der Waals surface area contributed by atoms with E-state index in [1.807, 2.05) is 6.07 Å². The monoisotopic (exact) mass is 381 g/mol. The number of carbonyl (C=O) groups is 2. The van der Waals surface area contributed by atoms with Gasteiger partial charge < -0.3 is 14.8 Å². The van der Waals surface area contributed by atoms with Crippen molar-refractivity contribution in [1.82, 2.24) is 5.32 Å². The van der Waals surface area contributed by atoms with E-state index < -0.39 is 29.5 Å². The molecule has 0 aliphatic heterocycles. The summed E-state index contributed by atoms with van der Waals surface area (Å²) in [5.41, 5.74) is 0.144. The van der Waals surface area contributed by atoms with E-state index in [9.17, 15) is 14.0 Å². The zero-order valence-corrected chi connectivity index (χ0v) is 15.1. The first kappa shape index (κ1) is 20.4. The summed E-state index contributed by atoms with van der Waals surface area (Å²) in [4.78, 5) is 24.0. The van der Waals surface area contributed by atoms with Crippen molar-refractivity contribution in [2.75, 3.05) is 7.05 Å². The van der Waals surface area contributed by atoms with Gasteiger partial charge in [0.05, 0.1) is 17.7 Å². The van der Waals surface area contributed by atoms with E-state index in [0.717, 1.165) is 6.07 Å². The third-order valence-electron chi connectivity index (χ3n) is 3.76. The standard InChI is InChI=1S/C20H16FN3O4/c1-12(19(25)14(11-23)20(26)24-2)27-17-5-3-4-6-18(17)28-16-8-7-13(10-22)9-15(16)21/h3-9,12,14H,1-2H3,(H,24,26). The number of nitriles is 2. The van der Waals surface area contributed by atoms with Crippen molar-refractivity contribution < 1.29 is 23.5 Å². The minimum absolute atomic E-state index is 0.124. The average molecular weight is 381 g/mol. The maximum Gasteiger partial charge on any atom is 0.244 e. The van der Waals surface area contributed by atoms with Gasteiger partial charge in [0.25, 0.3) is 0 Å². The molecule has 28 heavy (non-hydrogen) atoms. The van der Waals surface area contributed by atoms with Crippen LogP contribution < -0.4 is 14.8 Å². The number of para-hydroxylation sites is 2. The molecule has 0 aliphatic carbocycles. The molecule has 1 amide bonds. The van der Waals surface area contributed by atoms with Crippen molar-refractivity contribution in [3.05, 3.63) is 53.8 Å². The Morgan fingerprint density at radius 1 is 1.11 bits per heavy atom. The molecule has 2 aromatic rings. The fourth-order valence-corrected chi connectivity index (χ4v) is 2.28.